The average molecular weight is 352 g/mol. The van der Waals surface area contributed by atoms with E-state index in [1.165, 1.54) is 0 Å². The fourth-order valence-corrected chi connectivity index (χ4v) is 1.89. The molecule has 0 saturated heterocycles. The van der Waals surface area contributed by atoms with E-state index in [9.17, 15) is 4.79 Å². The molecule has 0 aromatic carbocycles. The van der Waals surface area contributed by atoms with Gasteiger partial charge in [-0.2, -0.15) is 0 Å². The highest BCUT2D eigenvalue weighted by Crippen LogP contribution is 2.11. The zero-order valence-corrected chi connectivity index (χ0v) is 15.9. The van der Waals surface area contributed by atoms with Crippen LogP contribution in [-0.2, 0) is 16.1 Å². The summed E-state index contributed by atoms with van der Waals surface area (Å²) in [6.07, 6.45) is 2.47. The average Bonchev–Trinajstić information content (AvgIpc) is 3.06. The minimum Gasteiger partial charge on any atom is -0.467 e. The normalized spacial score (nSPS) is 12.1. The van der Waals surface area contributed by atoms with Crippen LogP contribution in [0, 0.1) is 5.41 Å². The zero-order chi connectivity index (χ0) is 18.5. The van der Waals surface area contributed by atoms with Crippen LogP contribution < -0.4 is 16.0 Å². The highest BCUT2D eigenvalue weighted by molar-refractivity contribution is 5.81. The first-order chi connectivity index (χ1) is 11.9. The molecule has 7 heteroatoms. The van der Waals surface area contributed by atoms with Crippen LogP contribution in [0.3, 0.4) is 0 Å². The topological polar surface area (TPSA) is 87.9 Å². The summed E-state index contributed by atoms with van der Waals surface area (Å²) in [5.74, 6) is 1.62. The summed E-state index contributed by atoms with van der Waals surface area (Å²) in [5, 5.41) is 9.30. The van der Waals surface area contributed by atoms with Gasteiger partial charge in [0.15, 0.2) is 5.96 Å². The number of carbonyl (C=O) groups excluding carboxylic acids is 1. The highest BCUT2D eigenvalue weighted by atomic mass is 16.5. The van der Waals surface area contributed by atoms with Gasteiger partial charge in [0, 0.05) is 38.2 Å². The standard InChI is InChI=1S/C18H32N4O3/c1-5-19-17(22-11-10-20-16(23)18(2,3)4)21-9-7-12-24-14-15-8-6-13-25-15/h6,8,13H,5,7,9-12,14H2,1-4H3,(H,20,23)(H2,19,21,22). The molecule has 0 saturated carbocycles. The largest absolute Gasteiger partial charge is 0.467 e. The van der Waals surface area contributed by atoms with Gasteiger partial charge in [-0.3, -0.25) is 9.79 Å². The molecule has 0 fully saturated rings. The van der Waals surface area contributed by atoms with Gasteiger partial charge in [0.1, 0.15) is 12.4 Å². The first-order valence-corrected chi connectivity index (χ1v) is 8.84. The fourth-order valence-electron chi connectivity index (χ4n) is 1.89. The van der Waals surface area contributed by atoms with Crippen molar-refractivity contribution in [1.82, 2.24) is 16.0 Å². The van der Waals surface area contributed by atoms with Gasteiger partial charge in [-0.15, -0.1) is 0 Å². The maximum Gasteiger partial charge on any atom is 0.225 e. The Bertz CT molecular complexity index is 507. The maximum atomic E-state index is 11.8. The van der Waals surface area contributed by atoms with Crippen molar-refractivity contribution >= 4 is 11.9 Å². The summed E-state index contributed by atoms with van der Waals surface area (Å²) < 4.78 is 10.7. The molecule has 0 atom stereocenters. The molecular formula is C18H32N4O3. The number of hydrogen-bond donors (Lipinski definition) is 3. The van der Waals surface area contributed by atoms with Crippen LogP contribution in [-0.4, -0.2) is 44.7 Å². The lowest BCUT2D eigenvalue weighted by molar-refractivity contribution is -0.128. The minimum absolute atomic E-state index is 0.0462. The van der Waals surface area contributed by atoms with E-state index in [0.29, 0.717) is 32.8 Å². The summed E-state index contributed by atoms with van der Waals surface area (Å²) in [7, 11) is 0. The number of rotatable bonds is 10. The Balaban J connectivity index is 2.16. The SMILES string of the molecule is CCNC(=NCCCOCc1ccco1)NCCNC(=O)C(C)(C)C. The van der Waals surface area contributed by atoms with Crippen molar-refractivity contribution in [3.05, 3.63) is 24.2 Å². The van der Waals surface area contributed by atoms with Crippen LogP contribution in [0.2, 0.25) is 0 Å². The van der Waals surface area contributed by atoms with E-state index in [1.54, 1.807) is 6.26 Å². The van der Waals surface area contributed by atoms with Crippen molar-refractivity contribution in [2.75, 3.05) is 32.8 Å². The molecule has 1 rings (SSSR count). The highest BCUT2D eigenvalue weighted by Gasteiger charge is 2.20. The molecule has 0 unspecified atom stereocenters. The van der Waals surface area contributed by atoms with E-state index in [1.807, 2.05) is 39.8 Å². The third-order valence-electron chi connectivity index (χ3n) is 3.27. The van der Waals surface area contributed by atoms with Crippen molar-refractivity contribution in [2.24, 2.45) is 10.4 Å². The van der Waals surface area contributed by atoms with Gasteiger partial charge in [0.2, 0.25) is 5.91 Å². The summed E-state index contributed by atoms with van der Waals surface area (Å²) in [6, 6.07) is 3.74. The molecule has 0 aliphatic rings. The number of nitrogens with one attached hydrogen (secondary N) is 3. The van der Waals surface area contributed by atoms with Gasteiger partial charge < -0.3 is 25.1 Å². The predicted molar refractivity (Wildman–Crippen MR) is 99.4 cm³/mol. The number of nitrogens with zero attached hydrogens (tertiary/aromatic N) is 1. The monoisotopic (exact) mass is 352 g/mol. The Morgan fingerprint density at radius 3 is 2.64 bits per heavy atom. The molecule has 142 valence electrons. The van der Waals surface area contributed by atoms with E-state index < -0.39 is 0 Å². The number of amides is 1. The zero-order valence-electron chi connectivity index (χ0n) is 15.9. The molecule has 1 aromatic rings. The number of aliphatic imine (C=N–C) groups is 1. The van der Waals surface area contributed by atoms with Crippen LogP contribution in [0.15, 0.2) is 27.8 Å². The smallest absolute Gasteiger partial charge is 0.225 e. The molecule has 0 aliphatic carbocycles. The molecule has 25 heavy (non-hydrogen) atoms. The van der Waals surface area contributed by atoms with Gasteiger partial charge in [0.05, 0.1) is 6.26 Å². The van der Waals surface area contributed by atoms with Crippen molar-refractivity contribution in [1.29, 1.82) is 0 Å². The third kappa shape index (κ3) is 9.76. The Kier molecular flexibility index (Phi) is 9.69. The third-order valence-corrected chi connectivity index (χ3v) is 3.27. The molecule has 0 aliphatic heterocycles. The number of ether oxygens (including phenoxy) is 1. The maximum absolute atomic E-state index is 11.8. The summed E-state index contributed by atoms with van der Waals surface area (Å²) in [4.78, 5) is 16.3. The first-order valence-electron chi connectivity index (χ1n) is 8.84. The van der Waals surface area contributed by atoms with Crippen LogP contribution in [0.25, 0.3) is 0 Å². The summed E-state index contributed by atoms with van der Waals surface area (Å²) in [6.45, 7) is 11.5. The van der Waals surface area contributed by atoms with Crippen molar-refractivity contribution in [3.63, 3.8) is 0 Å². The van der Waals surface area contributed by atoms with Crippen LogP contribution >= 0.6 is 0 Å². The van der Waals surface area contributed by atoms with E-state index in [-0.39, 0.29) is 11.3 Å². The quantitative estimate of drug-likeness (QED) is 0.340. The number of guanidine groups is 1. The van der Waals surface area contributed by atoms with E-state index in [4.69, 9.17) is 9.15 Å². The molecular weight excluding hydrogens is 320 g/mol. The van der Waals surface area contributed by atoms with E-state index >= 15 is 0 Å². The molecule has 0 spiro atoms. The first kappa shape index (κ1) is 21.0. The fraction of sp³-hybridized carbons (Fsp3) is 0.667. The lowest BCUT2D eigenvalue weighted by Crippen LogP contribution is -2.43. The van der Waals surface area contributed by atoms with Gasteiger partial charge in [-0.1, -0.05) is 20.8 Å². The Labute approximate surface area is 150 Å². The number of furan rings is 1. The molecule has 0 bridgehead atoms. The molecule has 1 heterocycles. The van der Waals surface area contributed by atoms with Gasteiger partial charge >= 0.3 is 0 Å². The molecule has 0 radical (unpaired) electrons. The van der Waals surface area contributed by atoms with Crippen LogP contribution in [0.1, 0.15) is 39.9 Å². The lowest BCUT2D eigenvalue weighted by atomic mass is 9.96. The molecule has 1 amide bonds. The molecule has 7 nitrogen and oxygen atoms in total. The Hall–Kier alpha value is -2.02. The Morgan fingerprint density at radius 1 is 1.24 bits per heavy atom. The second-order valence-electron chi connectivity index (χ2n) is 6.68. The van der Waals surface area contributed by atoms with Gasteiger partial charge in [-0.05, 0) is 25.5 Å². The van der Waals surface area contributed by atoms with Crippen molar-refractivity contribution < 1.29 is 13.9 Å². The summed E-state index contributed by atoms with van der Waals surface area (Å²) in [5.41, 5.74) is -0.367. The van der Waals surface area contributed by atoms with Crippen LogP contribution in [0.4, 0.5) is 0 Å². The second-order valence-corrected chi connectivity index (χ2v) is 6.68. The van der Waals surface area contributed by atoms with Gasteiger partial charge in [-0.25, -0.2) is 0 Å². The molecule has 3 N–H and O–H groups in total. The van der Waals surface area contributed by atoms with Crippen molar-refractivity contribution in [3.8, 4) is 0 Å². The van der Waals surface area contributed by atoms with Gasteiger partial charge in [0.25, 0.3) is 0 Å². The van der Waals surface area contributed by atoms with Crippen LogP contribution in [0.5, 0.6) is 0 Å². The lowest BCUT2D eigenvalue weighted by Gasteiger charge is -2.18. The summed E-state index contributed by atoms with van der Waals surface area (Å²) >= 11 is 0. The van der Waals surface area contributed by atoms with Crippen molar-refractivity contribution in [2.45, 2.75) is 40.7 Å². The minimum atomic E-state index is -0.367. The molecule has 1 aromatic heterocycles. The van der Waals surface area contributed by atoms with E-state index in [2.05, 4.69) is 20.9 Å². The Morgan fingerprint density at radius 2 is 2.00 bits per heavy atom. The predicted octanol–water partition coefficient (Wildman–Crippen LogP) is 1.90. The second kappa shape index (κ2) is 11.5. The number of carbonyl (C=O) groups is 1. The van der Waals surface area contributed by atoms with E-state index in [0.717, 1.165) is 24.7 Å². The number of hydrogen-bond acceptors (Lipinski definition) is 4.